The van der Waals surface area contributed by atoms with Gasteiger partial charge in [-0.15, -0.1) is 0 Å². The van der Waals surface area contributed by atoms with Crippen LogP contribution in [0.15, 0.2) is 53.9 Å². The molecule has 3 rings (SSSR count). The average molecular weight is 392 g/mol. The number of ether oxygens (including phenoxy) is 1. The topological polar surface area (TPSA) is 63.7 Å². The second-order valence-corrected chi connectivity index (χ2v) is 8.40. The molecule has 0 aromatic heterocycles. The predicted octanol–water partition coefficient (Wildman–Crippen LogP) is 3.61. The number of hydrogen-bond donors (Lipinski definition) is 0. The van der Waals surface area contributed by atoms with E-state index in [1.165, 1.54) is 11.0 Å². The van der Waals surface area contributed by atoms with Gasteiger partial charge in [0, 0.05) is 21.7 Å². The van der Waals surface area contributed by atoms with Gasteiger partial charge in [-0.1, -0.05) is 17.7 Å². The van der Waals surface area contributed by atoms with Crippen LogP contribution >= 0.6 is 11.6 Å². The highest BCUT2D eigenvalue weighted by Gasteiger charge is 2.32. The molecule has 1 heterocycles. The molecule has 1 amide bonds. The van der Waals surface area contributed by atoms with Crippen LogP contribution in [0.3, 0.4) is 0 Å². The number of methoxy groups -OCH3 is 1. The van der Waals surface area contributed by atoms with Crippen LogP contribution in [0, 0.1) is 6.92 Å². The maximum absolute atomic E-state index is 13.2. The Labute approximate surface area is 157 Å². The van der Waals surface area contributed by atoms with E-state index in [4.69, 9.17) is 16.3 Å². The number of carbonyl (C=O) groups excluding carboxylic acids is 1. The normalized spacial score (nSPS) is 17.9. The molecular formula is C19H18ClNO4S. The van der Waals surface area contributed by atoms with E-state index in [2.05, 4.69) is 0 Å². The van der Waals surface area contributed by atoms with Gasteiger partial charge in [0.2, 0.25) is 0 Å². The van der Waals surface area contributed by atoms with Crippen molar-refractivity contribution in [2.24, 2.45) is 0 Å². The number of aryl methyl sites for hydroxylation is 1. The van der Waals surface area contributed by atoms with Crippen molar-refractivity contribution in [3.8, 4) is 5.75 Å². The van der Waals surface area contributed by atoms with Crippen LogP contribution in [0.4, 0.5) is 5.69 Å². The minimum absolute atomic E-state index is 0.152. The van der Waals surface area contributed by atoms with Crippen molar-refractivity contribution >= 4 is 33.0 Å². The minimum atomic E-state index is -3.32. The largest absolute Gasteiger partial charge is 0.497 e. The van der Waals surface area contributed by atoms with Crippen LogP contribution in [0.5, 0.6) is 5.75 Å². The number of nitrogens with zero attached hydrogens (tertiary/aromatic N) is 1. The molecule has 0 N–H and O–H groups in total. The van der Waals surface area contributed by atoms with Crippen LogP contribution in [0.25, 0.3) is 0 Å². The molecule has 2 aromatic carbocycles. The highest BCUT2D eigenvalue weighted by atomic mass is 35.5. The molecule has 0 saturated carbocycles. The Morgan fingerprint density at radius 3 is 2.42 bits per heavy atom. The smallest absolute Gasteiger partial charge is 0.258 e. The van der Waals surface area contributed by atoms with Gasteiger partial charge in [0.25, 0.3) is 5.91 Å². The quantitative estimate of drug-likeness (QED) is 0.798. The number of hydrogen-bond acceptors (Lipinski definition) is 4. The molecule has 5 nitrogen and oxygen atoms in total. The van der Waals surface area contributed by atoms with Crippen molar-refractivity contribution in [2.75, 3.05) is 17.8 Å². The molecule has 7 heteroatoms. The first kappa shape index (κ1) is 18.5. The van der Waals surface area contributed by atoms with E-state index in [-0.39, 0.29) is 11.7 Å². The van der Waals surface area contributed by atoms with E-state index in [1.807, 2.05) is 6.92 Å². The first-order valence-electron chi connectivity index (χ1n) is 7.95. The number of sulfone groups is 1. The maximum atomic E-state index is 13.2. The Balaban J connectivity index is 2.03. The SMILES string of the molecule is COc1ccc(C(=O)N(c2ccc(C)c(Cl)c2)C2C=CS(=O)(=O)C2)cc1. The monoisotopic (exact) mass is 391 g/mol. The lowest BCUT2D eigenvalue weighted by Crippen LogP contribution is -2.41. The van der Waals surface area contributed by atoms with Crippen molar-refractivity contribution in [3.05, 3.63) is 70.1 Å². The first-order chi connectivity index (χ1) is 12.3. The molecule has 1 unspecified atom stereocenters. The fourth-order valence-electron chi connectivity index (χ4n) is 2.78. The molecular weight excluding hydrogens is 374 g/mol. The van der Waals surface area contributed by atoms with Crippen molar-refractivity contribution in [2.45, 2.75) is 13.0 Å². The van der Waals surface area contributed by atoms with Crippen molar-refractivity contribution in [1.29, 1.82) is 0 Å². The third-order valence-corrected chi connectivity index (χ3v) is 6.02. The molecule has 0 fully saturated rings. The number of halogens is 1. The van der Waals surface area contributed by atoms with Crippen LogP contribution in [-0.4, -0.2) is 33.2 Å². The summed E-state index contributed by atoms with van der Waals surface area (Å²) in [4.78, 5) is 14.6. The summed E-state index contributed by atoms with van der Waals surface area (Å²) in [6, 6.07) is 11.3. The van der Waals surface area contributed by atoms with Crippen molar-refractivity contribution < 1.29 is 17.9 Å². The Morgan fingerprint density at radius 1 is 1.19 bits per heavy atom. The molecule has 0 aliphatic carbocycles. The van der Waals surface area contributed by atoms with Gasteiger partial charge in [0.1, 0.15) is 5.75 Å². The van der Waals surface area contributed by atoms with E-state index in [0.717, 1.165) is 11.0 Å². The molecule has 1 aliphatic rings. The Hall–Kier alpha value is -2.31. The number of anilines is 1. The predicted molar refractivity (Wildman–Crippen MR) is 103 cm³/mol. The third-order valence-electron chi connectivity index (χ3n) is 4.23. The summed E-state index contributed by atoms with van der Waals surface area (Å²) < 4.78 is 28.9. The van der Waals surface area contributed by atoms with Gasteiger partial charge in [0.15, 0.2) is 9.84 Å². The van der Waals surface area contributed by atoms with E-state index < -0.39 is 15.9 Å². The fourth-order valence-corrected chi connectivity index (χ4v) is 4.23. The van der Waals surface area contributed by atoms with Gasteiger partial charge >= 0.3 is 0 Å². The fraction of sp³-hybridized carbons (Fsp3) is 0.211. The Morgan fingerprint density at radius 2 is 1.88 bits per heavy atom. The molecule has 26 heavy (non-hydrogen) atoms. The van der Waals surface area contributed by atoms with Crippen LogP contribution < -0.4 is 9.64 Å². The number of benzene rings is 2. The standard InChI is InChI=1S/C19H18ClNO4S/c1-13-3-6-15(11-18(13)20)21(16-9-10-26(23,24)12-16)19(22)14-4-7-17(25-2)8-5-14/h3-11,16H,12H2,1-2H3. The number of rotatable bonds is 4. The summed E-state index contributed by atoms with van der Waals surface area (Å²) in [7, 11) is -1.77. The highest BCUT2D eigenvalue weighted by molar-refractivity contribution is 7.94. The summed E-state index contributed by atoms with van der Waals surface area (Å²) in [6.07, 6.45) is 1.53. The summed E-state index contributed by atoms with van der Waals surface area (Å²) >= 11 is 6.22. The number of carbonyl (C=O) groups is 1. The third kappa shape index (κ3) is 3.76. The summed E-state index contributed by atoms with van der Waals surface area (Å²) in [5.74, 6) is 0.176. The molecule has 136 valence electrons. The maximum Gasteiger partial charge on any atom is 0.258 e. The zero-order valence-electron chi connectivity index (χ0n) is 14.3. The zero-order chi connectivity index (χ0) is 18.9. The average Bonchev–Trinajstić information content (AvgIpc) is 2.97. The molecule has 1 aliphatic heterocycles. The van der Waals surface area contributed by atoms with Gasteiger partial charge in [-0.25, -0.2) is 8.42 Å². The molecule has 1 atom stereocenters. The van der Waals surface area contributed by atoms with Crippen LogP contribution in [0.1, 0.15) is 15.9 Å². The van der Waals surface area contributed by atoms with Gasteiger partial charge in [-0.05, 0) is 55.0 Å². The van der Waals surface area contributed by atoms with E-state index in [1.54, 1.807) is 49.6 Å². The van der Waals surface area contributed by atoms with E-state index in [9.17, 15) is 13.2 Å². The minimum Gasteiger partial charge on any atom is -0.497 e. The lowest BCUT2D eigenvalue weighted by Gasteiger charge is -2.28. The summed E-state index contributed by atoms with van der Waals surface area (Å²) in [6.45, 7) is 1.86. The van der Waals surface area contributed by atoms with Crippen LogP contribution in [0.2, 0.25) is 5.02 Å². The van der Waals surface area contributed by atoms with E-state index >= 15 is 0 Å². The second kappa shape index (κ2) is 7.13. The Bertz CT molecular complexity index is 968. The summed E-state index contributed by atoms with van der Waals surface area (Å²) in [5.41, 5.74) is 1.86. The molecule has 0 radical (unpaired) electrons. The summed E-state index contributed by atoms with van der Waals surface area (Å²) in [5, 5.41) is 1.67. The second-order valence-electron chi connectivity index (χ2n) is 6.06. The lowest BCUT2D eigenvalue weighted by molar-refractivity contribution is 0.0983. The highest BCUT2D eigenvalue weighted by Crippen LogP contribution is 2.29. The van der Waals surface area contributed by atoms with Gasteiger partial charge < -0.3 is 9.64 Å². The number of amides is 1. The first-order valence-corrected chi connectivity index (χ1v) is 10.0. The molecule has 0 spiro atoms. The molecule has 2 aromatic rings. The zero-order valence-corrected chi connectivity index (χ0v) is 15.9. The Kier molecular flexibility index (Phi) is 5.07. The van der Waals surface area contributed by atoms with Crippen molar-refractivity contribution in [3.63, 3.8) is 0 Å². The van der Waals surface area contributed by atoms with Gasteiger partial charge in [-0.2, -0.15) is 0 Å². The van der Waals surface area contributed by atoms with E-state index in [0.29, 0.717) is 22.0 Å². The molecule has 0 bridgehead atoms. The lowest BCUT2D eigenvalue weighted by atomic mass is 10.1. The van der Waals surface area contributed by atoms with Crippen LogP contribution in [-0.2, 0) is 9.84 Å². The van der Waals surface area contributed by atoms with Crippen molar-refractivity contribution in [1.82, 2.24) is 0 Å². The van der Waals surface area contributed by atoms with Gasteiger partial charge in [0.05, 0.1) is 18.9 Å². The molecule has 0 saturated heterocycles. The van der Waals surface area contributed by atoms with Gasteiger partial charge in [-0.3, -0.25) is 4.79 Å².